The average molecular weight is 447 g/mol. The van der Waals surface area contributed by atoms with Gasteiger partial charge in [-0.05, 0) is 42.8 Å². The van der Waals surface area contributed by atoms with Crippen LogP contribution in [0.2, 0.25) is 0 Å². The number of rotatable bonds is 7. The van der Waals surface area contributed by atoms with Gasteiger partial charge in [0, 0.05) is 35.1 Å². The number of benzene rings is 2. The molecular formula is C22H20N7O2S-. The first-order valence-electron chi connectivity index (χ1n) is 9.96. The predicted molar refractivity (Wildman–Crippen MR) is 124 cm³/mol. The number of hydrogen-bond acceptors (Lipinski definition) is 6. The number of anilines is 2. The van der Waals surface area contributed by atoms with Gasteiger partial charge in [0.2, 0.25) is 0 Å². The number of aromatic nitrogens is 4. The molecule has 5 aromatic rings. The first kappa shape index (κ1) is 20.2. The van der Waals surface area contributed by atoms with Gasteiger partial charge in [-0.15, -0.1) is 5.10 Å². The van der Waals surface area contributed by atoms with Crippen LogP contribution in [-0.4, -0.2) is 27.9 Å². The van der Waals surface area contributed by atoms with Crippen LogP contribution in [0.5, 0.6) is 0 Å². The zero-order chi connectivity index (χ0) is 22.1. The van der Waals surface area contributed by atoms with Crippen LogP contribution in [0.3, 0.4) is 0 Å². The summed E-state index contributed by atoms with van der Waals surface area (Å²) in [7, 11) is 0. The molecule has 5 rings (SSSR count). The molecule has 3 heterocycles. The van der Waals surface area contributed by atoms with Gasteiger partial charge in [-0.2, -0.15) is 9.82 Å². The van der Waals surface area contributed by atoms with E-state index in [4.69, 9.17) is 10.1 Å². The fourth-order valence-corrected chi connectivity index (χ4v) is 3.96. The third kappa shape index (κ3) is 3.82. The van der Waals surface area contributed by atoms with Gasteiger partial charge in [-0.25, -0.2) is 4.52 Å². The first-order chi connectivity index (χ1) is 15.6. The normalized spacial score (nSPS) is 12.3. The fraction of sp³-hybridized carbons (Fsp3) is 0.0909. The molecule has 9 nitrogen and oxygen atoms in total. The number of nitrogens with one attached hydrogen (secondary N) is 3. The highest BCUT2D eigenvalue weighted by atomic mass is 32.2. The first-order valence-corrected chi connectivity index (χ1v) is 11.0. The van der Waals surface area contributed by atoms with Crippen molar-refractivity contribution in [3.05, 3.63) is 84.2 Å². The van der Waals surface area contributed by atoms with Crippen LogP contribution in [-0.2, 0) is 17.8 Å². The minimum Gasteiger partial charge on any atom is -0.759 e. The summed E-state index contributed by atoms with van der Waals surface area (Å²) in [5, 5.41) is 8.98. The Labute approximate surface area is 186 Å². The van der Waals surface area contributed by atoms with E-state index in [1.807, 2.05) is 66.2 Å². The van der Waals surface area contributed by atoms with E-state index >= 15 is 0 Å². The van der Waals surface area contributed by atoms with E-state index in [0.717, 1.165) is 33.5 Å². The third-order valence-corrected chi connectivity index (χ3v) is 5.45. The lowest BCUT2D eigenvalue weighted by atomic mass is 10.2. The molecular weight excluding hydrogens is 426 g/mol. The van der Waals surface area contributed by atoms with Crippen molar-refractivity contribution in [2.24, 2.45) is 0 Å². The molecule has 162 valence electrons. The van der Waals surface area contributed by atoms with Crippen molar-refractivity contribution in [3.8, 4) is 5.95 Å². The van der Waals surface area contributed by atoms with Gasteiger partial charge in [-0.1, -0.05) is 36.4 Å². The summed E-state index contributed by atoms with van der Waals surface area (Å²) < 4.78 is 25.5. The molecule has 0 aliphatic heterocycles. The maximum absolute atomic E-state index is 10.9. The Morgan fingerprint density at radius 2 is 1.84 bits per heavy atom. The van der Waals surface area contributed by atoms with Gasteiger partial charge in [0.15, 0.2) is 5.82 Å². The van der Waals surface area contributed by atoms with Crippen LogP contribution in [0.4, 0.5) is 11.5 Å². The lowest BCUT2D eigenvalue weighted by molar-refractivity contribution is 0.528. The average Bonchev–Trinajstić information content (AvgIpc) is 3.40. The van der Waals surface area contributed by atoms with Gasteiger partial charge >= 0.3 is 0 Å². The Morgan fingerprint density at radius 1 is 1.03 bits per heavy atom. The van der Waals surface area contributed by atoms with Crippen LogP contribution in [0.1, 0.15) is 11.3 Å². The Bertz CT molecular complexity index is 1430. The highest BCUT2D eigenvalue weighted by Crippen LogP contribution is 2.29. The summed E-state index contributed by atoms with van der Waals surface area (Å²) in [4.78, 5) is 7.03. The molecule has 32 heavy (non-hydrogen) atoms. The van der Waals surface area contributed by atoms with E-state index in [9.17, 15) is 8.76 Å². The van der Waals surface area contributed by atoms with Crippen molar-refractivity contribution in [2.75, 3.05) is 10.7 Å². The van der Waals surface area contributed by atoms with E-state index in [1.165, 1.54) is 0 Å². The SMILES string of the molecule is Cc1cc2c(NNS(=O)[O-])cccc2n1-c1nc(NCc2ccccc2)c2cccn2n1. The quantitative estimate of drug-likeness (QED) is 0.261. The second-order valence-corrected chi connectivity index (χ2v) is 7.93. The van der Waals surface area contributed by atoms with E-state index in [-0.39, 0.29) is 0 Å². The molecule has 0 aliphatic carbocycles. The van der Waals surface area contributed by atoms with E-state index in [2.05, 4.69) is 27.7 Å². The molecule has 0 saturated carbocycles. The van der Waals surface area contributed by atoms with Gasteiger partial charge in [0.1, 0.15) is 5.52 Å². The zero-order valence-corrected chi connectivity index (χ0v) is 18.0. The lowest BCUT2D eigenvalue weighted by Crippen LogP contribution is -2.23. The molecule has 0 spiro atoms. The fourth-order valence-electron chi connectivity index (χ4n) is 3.76. The largest absolute Gasteiger partial charge is 0.759 e. The molecule has 0 saturated heterocycles. The molecule has 0 aliphatic rings. The molecule has 1 atom stereocenters. The monoisotopic (exact) mass is 446 g/mol. The maximum Gasteiger partial charge on any atom is 0.254 e. The van der Waals surface area contributed by atoms with E-state index in [1.54, 1.807) is 10.6 Å². The highest BCUT2D eigenvalue weighted by molar-refractivity contribution is 7.77. The molecule has 0 amide bonds. The van der Waals surface area contributed by atoms with Crippen molar-refractivity contribution in [1.29, 1.82) is 0 Å². The Kier molecular flexibility index (Phi) is 5.31. The minimum absolute atomic E-state index is 0.509. The standard InChI is InChI=1S/C22H21N7O2S/c1-15-13-17-18(25-27-32(30)31)9-5-10-19(17)29(15)22-24-21(20-11-6-12-28(20)26-22)23-14-16-7-3-2-4-8-16/h2-13,25,27H,14H2,1H3,(H,30,31)(H,23,24,26)/p-1. The van der Waals surface area contributed by atoms with Crippen molar-refractivity contribution >= 4 is 39.2 Å². The topological polar surface area (TPSA) is 111 Å². The minimum atomic E-state index is -2.43. The van der Waals surface area contributed by atoms with Crippen LogP contribution in [0.15, 0.2) is 72.9 Å². The number of aryl methyl sites for hydroxylation is 1. The van der Waals surface area contributed by atoms with Gasteiger partial charge in [-0.3, -0.25) is 8.78 Å². The third-order valence-electron chi connectivity index (χ3n) is 5.18. The summed E-state index contributed by atoms with van der Waals surface area (Å²) in [5.41, 5.74) is 7.16. The maximum atomic E-state index is 10.9. The van der Waals surface area contributed by atoms with Crippen LogP contribution in [0.25, 0.3) is 22.4 Å². The van der Waals surface area contributed by atoms with Crippen LogP contribution < -0.4 is 15.6 Å². The molecule has 10 heteroatoms. The lowest BCUT2D eigenvalue weighted by Gasteiger charge is -2.13. The van der Waals surface area contributed by atoms with Crippen LogP contribution >= 0.6 is 0 Å². The van der Waals surface area contributed by atoms with Crippen molar-refractivity contribution in [3.63, 3.8) is 0 Å². The smallest absolute Gasteiger partial charge is 0.254 e. The van der Waals surface area contributed by atoms with E-state index < -0.39 is 11.3 Å². The van der Waals surface area contributed by atoms with Gasteiger partial charge in [0.05, 0.1) is 11.2 Å². The second kappa shape index (κ2) is 8.42. The van der Waals surface area contributed by atoms with Crippen molar-refractivity contribution in [2.45, 2.75) is 13.5 Å². The summed E-state index contributed by atoms with van der Waals surface area (Å²) in [6.45, 7) is 2.60. The molecule has 0 radical (unpaired) electrons. The summed E-state index contributed by atoms with van der Waals surface area (Å²) >= 11 is -2.43. The number of fused-ring (bicyclic) bond motifs is 2. The number of hydrogen-bond donors (Lipinski definition) is 3. The predicted octanol–water partition coefficient (Wildman–Crippen LogP) is 3.30. The van der Waals surface area contributed by atoms with Gasteiger partial charge < -0.3 is 15.3 Å². The Balaban J connectivity index is 1.58. The molecule has 3 aromatic heterocycles. The second-order valence-electron chi connectivity index (χ2n) is 7.26. The molecule has 0 bridgehead atoms. The van der Waals surface area contributed by atoms with Crippen molar-refractivity contribution in [1.82, 2.24) is 24.0 Å². The van der Waals surface area contributed by atoms with E-state index in [0.29, 0.717) is 18.2 Å². The number of hydrazine groups is 1. The van der Waals surface area contributed by atoms with Crippen molar-refractivity contribution < 1.29 is 8.76 Å². The zero-order valence-electron chi connectivity index (χ0n) is 17.1. The molecule has 1 unspecified atom stereocenters. The Morgan fingerprint density at radius 3 is 2.66 bits per heavy atom. The molecule has 2 aromatic carbocycles. The van der Waals surface area contributed by atoms with Crippen LogP contribution in [0, 0.1) is 6.92 Å². The summed E-state index contributed by atoms with van der Waals surface area (Å²) in [5.74, 6) is 1.23. The number of nitrogens with zero attached hydrogens (tertiary/aromatic N) is 4. The summed E-state index contributed by atoms with van der Waals surface area (Å²) in [6.07, 6.45) is 1.88. The van der Waals surface area contributed by atoms with Gasteiger partial charge in [0.25, 0.3) is 5.95 Å². The molecule has 3 N–H and O–H groups in total. The molecule has 0 fully saturated rings. The highest BCUT2D eigenvalue weighted by Gasteiger charge is 2.15. The summed E-state index contributed by atoms with van der Waals surface area (Å²) in [6, 6.07) is 21.6. The Hall–Kier alpha value is -3.73.